The van der Waals surface area contributed by atoms with Gasteiger partial charge in [-0.3, -0.25) is 9.48 Å². The lowest BCUT2D eigenvalue weighted by molar-refractivity contribution is 0.111. The van der Waals surface area contributed by atoms with Crippen LogP contribution < -0.4 is 4.74 Å². The molecule has 0 bridgehead atoms. The second kappa shape index (κ2) is 5.01. The lowest BCUT2D eigenvalue weighted by atomic mass is 10.2. The van der Waals surface area contributed by atoms with E-state index in [4.69, 9.17) is 16.3 Å². The number of carbonyl (C=O) groups is 1. The molecule has 1 aromatic heterocycles. The van der Waals surface area contributed by atoms with Gasteiger partial charge in [0.05, 0.1) is 16.3 Å². The first-order chi connectivity index (χ1) is 8.20. The van der Waals surface area contributed by atoms with Gasteiger partial charge < -0.3 is 4.74 Å². The Kier molecular flexibility index (Phi) is 3.44. The largest absolute Gasteiger partial charge is 0.486 e. The summed E-state index contributed by atoms with van der Waals surface area (Å²) in [6.45, 7) is 0.308. The van der Waals surface area contributed by atoms with E-state index in [-0.39, 0.29) is 0 Å². The van der Waals surface area contributed by atoms with Crippen molar-refractivity contribution in [2.75, 3.05) is 0 Å². The summed E-state index contributed by atoms with van der Waals surface area (Å²) in [4.78, 5) is 10.9. The fourth-order valence-corrected chi connectivity index (χ4v) is 1.66. The van der Waals surface area contributed by atoms with Crippen molar-refractivity contribution >= 4 is 17.9 Å². The number of hydrogen-bond acceptors (Lipinski definition) is 3. The molecule has 1 aromatic carbocycles. The Labute approximate surface area is 104 Å². The fourth-order valence-electron chi connectivity index (χ4n) is 1.45. The minimum absolute atomic E-state index is 0.308. The van der Waals surface area contributed by atoms with Crippen LogP contribution in [0.3, 0.4) is 0 Å². The molecule has 0 N–H and O–H groups in total. The Hall–Kier alpha value is -1.81. The number of rotatable bonds is 4. The highest BCUT2D eigenvalue weighted by atomic mass is 35.5. The second-order valence-corrected chi connectivity index (χ2v) is 3.95. The van der Waals surface area contributed by atoms with Gasteiger partial charge in [0, 0.05) is 13.2 Å². The van der Waals surface area contributed by atoms with Crippen LogP contribution in [0.5, 0.6) is 5.75 Å². The Morgan fingerprint density at radius 2 is 2.29 bits per heavy atom. The quantitative estimate of drug-likeness (QED) is 0.783. The number of halogens is 1. The monoisotopic (exact) mass is 250 g/mol. The van der Waals surface area contributed by atoms with Crippen LogP contribution in [0.1, 0.15) is 16.1 Å². The summed E-state index contributed by atoms with van der Waals surface area (Å²) in [7, 11) is 1.83. The van der Waals surface area contributed by atoms with Gasteiger partial charge in [0.1, 0.15) is 12.4 Å². The molecule has 0 spiro atoms. The molecule has 0 aliphatic carbocycles. The summed E-state index contributed by atoms with van der Waals surface area (Å²) in [6.07, 6.45) is 2.52. The van der Waals surface area contributed by atoms with Crippen molar-refractivity contribution in [2.24, 2.45) is 7.05 Å². The molecule has 88 valence electrons. The van der Waals surface area contributed by atoms with Gasteiger partial charge in [-0.2, -0.15) is 5.10 Å². The second-order valence-electron chi connectivity index (χ2n) is 3.54. The fraction of sp³-hybridized carbons (Fsp3) is 0.167. The number of ether oxygens (including phenoxy) is 1. The van der Waals surface area contributed by atoms with Crippen LogP contribution >= 0.6 is 11.6 Å². The highest BCUT2D eigenvalue weighted by Gasteiger charge is 2.07. The summed E-state index contributed by atoms with van der Waals surface area (Å²) >= 11 is 5.88. The van der Waals surface area contributed by atoms with Gasteiger partial charge in [-0.25, -0.2) is 0 Å². The maximum Gasteiger partial charge on any atom is 0.155 e. The molecule has 17 heavy (non-hydrogen) atoms. The summed E-state index contributed by atoms with van der Waals surface area (Å²) in [5.74, 6) is 0.471. The van der Waals surface area contributed by atoms with Crippen LogP contribution in [-0.2, 0) is 13.7 Å². The first-order valence-corrected chi connectivity index (χ1v) is 5.43. The number of carbonyl (C=O) groups excluding carboxylic acids is 1. The van der Waals surface area contributed by atoms with Crippen molar-refractivity contribution in [3.05, 3.63) is 46.7 Å². The van der Waals surface area contributed by atoms with Crippen LogP contribution in [-0.4, -0.2) is 16.1 Å². The zero-order valence-corrected chi connectivity index (χ0v) is 10.0. The van der Waals surface area contributed by atoms with Crippen LogP contribution in [0, 0.1) is 0 Å². The summed E-state index contributed by atoms with van der Waals surface area (Å²) in [6, 6.07) is 6.95. The predicted molar refractivity (Wildman–Crippen MR) is 64.4 cm³/mol. The third-order valence-corrected chi connectivity index (χ3v) is 2.60. The summed E-state index contributed by atoms with van der Waals surface area (Å²) in [5, 5.41) is 4.56. The van der Waals surface area contributed by atoms with Crippen molar-refractivity contribution in [1.29, 1.82) is 0 Å². The van der Waals surface area contributed by atoms with E-state index < -0.39 is 0 Å². The Morgan fingerprint density at radius 3 is 2.94 bits per heavy atom. The molecule has 0 saturated heterocycles. The molecule has 0 saturated carbocycles. The standard InChI is InChI=1S/C12H11ClN2O2/c1-15-6-5-9(14-15)8-17-12-4-2-3-11(13)10(12)7-16/h2-7H,8H2,1H3. The van der Waals surface area contributed by atoms with E-state index in [9.17, 15) is 4.79 Å². The van der Waals surface area contributed by atoms with Crippen LogP contribution in [0.2, 0.25) is 5.02 Å². The van der Waals surface area contributed by atoms with Crippen LogP contribution in [0.25, 0.3) is 0 Å². The number of hydrogen-bond donors (Lipinski definition) is 0. The van der Waals surface area contributed by atoms with Crippen LogP contribution in [0.4, 0.5) is 0 Å². The minimum Gasteiger partial charge on any atom is -0.486 e. The molecule has 0 fully saturated rings. The van der Waals surface area contributed by atoms with Gasteiger partial charge in [0.15, 0.2) is 6.29 Å². The van der Waals surface area contributed by atoms with Gasteiger partial charge in [-0.1, -0.05) is 17.7 Å². The number of aromatic nitrogens is 2. The van der Waals surface area contributed by atoms with Crippen molar-refractivity contribution in [1.82, 2.24) is 9.78 Å². The SMILES string of the molecule is Cn1ccc(COc2cccc(Cl)c2C=O)n1. The van der Waals surface area contributed by atoms with Gasteiger partial charge in [-0.05, 0) is 18.2 Å². The van der Waals surface area contributed by atoms with E-state index in [1.807, 2.05) is 19.3 Å². The maximum absolute atomic E-state index is 10.9. The first kappa shape index (κ1) is 11.7. The van der Waals surface area contributed by atoms with Gasteiger partial charge >= 0.3 is 0 Å². The highest BCUT2D eigenvalue weighted by Crippen LogP contribution is 2.25. The molecule has 4 nitrogen and oxygen atoms in total. The van der Waals surface area contributed by atoms with E-state index >= 15 is 0 Å². The van der Waals surface area contributed by atoms with Gasteiger partial charge in [0.2, 0.25) is 0 Å². The van der Waals surface area contributed by atoms with Crippen molar-refractivity contribution in [3.63, 3.8) is 0 Å². The zero-order valence-electron chi connectivity index (χ0n) is 9.26. The molecule has 5 heteroatoms. The number of nitrogens with zero attached hydrogens (tertiary/aromatic N) is 2. The van der Waals surface area contributed by atoms with E-state index in [2.05, 4.69) is 5.10 Å². The number of aldehydes is 1. The third-order valence-electron chi connectivity index (χ3n) is 2.28. The Bertz CT molecular complexity index is 537. The maximum atomic E-state index is 10.9. The minimum atomic E-state index is 0.308. The van der Waals surface area contributed by atoms with E-state index in [0.29, 0.717) is 29.2 Å². The van der Waals surface area contributed by atoms with Gasteiger partial charge in [0.25, 0.3) is 0 Å². The highest BCUT2D eigenvalue weighted by molar-refractivity contribution is 6.33. The molecule has 2 rings (SSSR count). The number of benzene rings is 1. The van der Waals surface area contributed by atoms with Gasteiger partial charge in [-0.15, -0.1) is 0 Å². The predicted octanol–water partition coefficient (Wildman–Crippen LogP) is 2.47. The lowest BCUT2D eigenvalue weighted by Gasteiger charge is -2.07. The molecule has 0 aliphatic heterocycles. The molecule has 0 amide bonds. The average Bonchev–Trinajstić information content (AvgIpc) is 2.72. The van der Waals surface area contributed by atoms with Crippen molar-refractivity contribution < 1.29 is 9.53 Å². The van der Waals surface area contributed by atoms with Crippen LogP contribution in [0.15, 0.2) is 30.5 Å². The molecule has 1 heterocycles. The average molecular weight is 251 g/mol. The zero-order chi connectivity index (χ0) is 12.3. The molecular weight excluding hydrogens is 240 g/mol. The summed E-state index contributed by atoms with van der Waals surface area (Å²) < 4.78 is 7.21. The summed E-state index contributed by atoms with van der Waals surface area (Å²) in [5.41, 5.74) is 1.16. The number of aryl methyl sites for hydroxylation is 1. The molecule has 0 aliphatic rings. The van der Waals surface area contributed by atoms with E-state index in [0.717, 1.165) is 5.69 Å². The normalized spacial score (nSPS) is 10.2. The van der Waals surface area contributed by atoms with E-state index in [1.54, 1.807) is 22.9 Å². The van der Waals surface area contributed by atoms with Crippen molar-refractivity contribution in [3.8, 4) is 5.75 Å². The first-order valence-electron chi connectivity index (χ1n) is 5.05. The molecule has 0 unspecified atom stereocenters. The lowest BCUT2D eigenvalue weighted by Crippen LogP contribution is -2.00. The topological polar surface area (TPSA) is 44.1 Å². The molecular formula is C12H11ClN2O2. The Morgan fingerprint density at radius 1 is 1.47 bits per heavy atom. The Balaban J connectivity index is 2.14. The third kappa shape index (κ3) is 2.65. The smallest absolute Gasteiger partial charge is 0.155 e. The molecule has 0 radical (unpaired) electrons. The van der Waals surface area contributed by atoms with Crippen molar-refractivity contribution in [2.45, 2.75) is 6.61 Å². The van der Waals surface area contributed by atoms with E-state index in [1.165, 1.54) is 0 Å². The molecule has 0 atom stereocenters. The molecule has 2 aromatic rings.